The van der Waals surface area contributed by atoms with Crippen LogP contribution in [0.4, 0.5) is 0 Å². The van der Waals surface area contributed by atoms with Gasteiger partial charge in [0.05, 0.1) is 5.69 Å². The summed E-state index contributed by atoms with van der Waals surface area (Å²) in [5.41, 5.74) is 7.35. The molecule has 1 aliphatic heterocycles. The Labute approximate surface area is 110 Å². The Kier molecular flexibility index (Phi) is 3.20. The van der Waals surface area contributed by atoms with E-state index in [0.29, 0.717) is 19.0 Å². The van der Waals surface area contributed by atoms with Gasteiger partial charge < -0.3 is 19.9 Å². The molecule has 0 saturated carbocycles. The van der Waals surface area contributed by atoms with Crippen molar-refractivity contribution in [1.82, 2.24) is 4.98 Å². The van der Waals surface area contributed by atoms with Gasteiger partial charge in [0.1, 0.15) is 6.61 Å². The first kappa shape index (κ1) is 11.8. The summed E-state index contributed by atoms with van der Waals surface area (Å²) >= 11 is 0. The first-order valence-electron chi connectivity index (χ1n) is 6.02. The van der Waals surface area contributed by atoms with E-state index >= 15 is 0 Å². The van der Waals surface area contributed by atoms with Gasteiger partial charge in [0.2, 0.25) is 12.7 Å². The summed E-state index contributed by atoms with van der Waals surface area (Å²) in [6, 6.07) is 11.3. The Hall–Kier alpha value is -2.27. The maximum absolute atomic E-state index is 5.63. The monoisotopic (exact) mass is 258 g/mol. The van der Waals surface area contributed by atoms with Crippen LogP contribution in [0.1, 0.15) is 11.3 Å². The minimum Gasteiger partial charge on any atom is -0.473 e. The quantitative estimate of drug-likeness (QED) is 0.906. The molecule has 2 N–H and O–H groups in total. The second-order valence-corrected chi connectivity index (χ2v) is 4.15. The number of rotatable bonds is 4. The molecule has 0 aliphatic carbocycles. The van der Waals surface area contributed by atoms with Crippen molar-refractivity contribution >= 4 is 0 Å². The number of nitrogens with two attached hydrogens (primary N) is 1. The zero-order valence-electron chi connectivity index (χ0n) is 10.3. The fourth-order valence-corrected chi connectivity index (χ4v) is 1.84. The predicted octanol–water partition coefficient (Wildman–Crippen LogP) is 1.85. The number of pyridine rings is 1. The summed E-state index contributed by atoms with van der Waals surface area (Å²) < 4.78 is 16.2. The van der Waals surface area contributed by atoms with E-state index in [1.54, 1.807) is 0 Å². The van der Waals surface area contributed by atoms with Crippen LogP contribution in [-0.2, 0) is 13.2 Å². The Balaban J connectivity index is 1.68. The Morgan fingerprint density at radius 1 is 1.16 bits per heavy atom. The number of benzene rings is 1. The van der Waals surface area contributed by atoms with Crippen LogP contribution in [0.25, 0.3) is 0 Å². The van der Waals surface area contributed by atoms with Crippen LogP contribution in [0.2, 0.25) is 0 Å². The first-order valence-corrected chi connectivity index (χ1v) is 6.02. The van der Waals surface area contributed by atoms with Crippen molar-refractivity contribution < 1.29 is 14.2 Å². The van der Waals surface area contributed by atoms with E-state index in [9.17, 15) is 0 Å². The number of hydrogen-bond acceptors (Lipinski definition) is 5. The number of ether oxygens (including phenoxy) is 3. The number of aromatic nitrogens is 1. The van der Waals surface area contributed by atoms with Gasteiger partial charge in [-0.25, -0.2) is 4.98 Å². The topological polar surface area (TPSA) is 66.6 Å². The van der Waals surface area contributed by atoms with Gasteiger partial charge in [0.15, 0.2) is 11.5 Å². The second kappa shape index (κ2) is 5.16. The summed E-state index contributed by atoms with van der Waals surface area (Å²) in [7, 11) is 0. The maximum Gasteiger partial charge on any atom is 0.231 e. The summed E-state index contributed by atoms with van der Waals surface area (Å²) in [5, 5.41) is 0. The average molecular weight is 258 g/mol. The largest absolute Gasteiger partial charge is 0.473 e. The minimum absolute atomic E-state index is 0.278. The van der Waals surface area contributed by atoms with E-state index in [1.807, 2.05) is 36.4 Å². The van der Waals surface area contributed by atoms with E-state index in [2.05, 4.69) is 4.98 Å². The molecule has 0 unspecified atom stereocenters. The summed E-state index contributed by atoms with van der Waals surface area (Å²) in [4.78, 5) is 4.28. The second-order valence-electron chi connectivity index (χ2n) is 4.15. The molecule has 2 aromatic rings. The van der Waals surface area contributed by atoms with Gasteiger partial charge >= 0.3 is 0 Å². The van der Waals surface area contributed by atoms with Gasteiger partial charge in [-0.15, -0.1) is 0 Å². The molecule has 0 saturated heterocycles. The fourth-order valence-electron chi connectivity index (χ4n) is 1.84. The molecule has 1 aromatic heterocycles. The molecule has 0 spiro atoms. The zero-order chi connectivity index (χ0) is 13.1. The van der Waals surface area contributed by atoms with Crippen molar-refractivity contribution in [3.05, 3.63) is 47.7 Å². The standard InChI is InChI=1S/C14H14N2O3/c15-7-11-2-1-3-14(16-11)17-8-10-4-5-12-13(6-10)19-9-18-12/h1-6H,7-9,15H2. The SMILES string of the molecule is NCc1cccc(OCc2ccc3c(c2)OCO3)n1. The van der Waals surface area contributed by atoms with Crippen molar-refractivity contribution in [2.24, 2.45) is 5.73 Å². The lowest BCUT2D eigenvalue weighted by molar-refractivity contribution is 0.174. The molecule has 19 heavy (non-hydrogen) atoms. The third-order valence-electron chi connectivity index (χ3n) is 2.81. The Bertz CT molecular complexity index is 587. The molecule has 3 rings (SSSR count). The van der Waals surface area contributed by atoms with Gasteiger partial charge in [-0.05, 0) is 23.8 Å². The van der Waals surface area contributed by atoms with E-state index in [4.69, 9.17) is 19.9 Å². The molecule has 0 radical (unpaired) electrons. The number of fused-ring (bicyclic) bond motifs is 1. The van der Waals surface area contributed by atoms with Crippen LogP contribution in [0.5, 0.6) is 17.4 Å². The van der Waals surface area contributed by atoms with Gasteiger partial charge in [0, 0.05) is 12.6 Å². The van der Waals surface area contributed by atoms with Gasteiger partial charge in [-0.1, -0.05) is 12.1 Å². The highest BCUT2D eigenvalue weighted by atomic mass is 16.7. The van der Waals surface area contributed by atoms with Crippen LogP contribution in [0.3, 0.4) is 0 Å². The third-order valence-corrected chi connectivity index (χ3v) is 2.81. The van der Waals surface area contributed by atoms with E-state index in [1.165, 1.54) is 0 Å². The van der Waals surface area contributed by atoms with Crippen molar-refractivity contribution in [3.8, 4) is 17.4 Å². The highest BCUT2D eigenvalue weighted by molar-refractivity contribution is 5.44. The van der Waals surface area contributed by atoms with Crippen LogP contribution in [0.15, 0.2) is 36.4 Å². The smallest absolute Gasteiger partial charge is 0.231 e. The summed E-state index contributed by atoms with van der Waals surface area (Å²) in [6.45, 7) is 1.11. The lowest BCUT2D eigenvalue weighted by atomic mass is 10.2. The van der Waals surface area contributed by atoms with Gasteiger partial charge in [-0.2, -0.15) is 0 Å². The highest BCUT2D eigenvalue weighted by Gasteiger charge is 2.13. The van der Waals surface area contributed by atoms with Crippen LogP contribution >= 0.6 is 0 Å². The molecular formula is C14H14N2O3. The van der Waals surface area contributed by atoms with E-state index in [-0.39, 0.29) is 6.79 Å². The molecule has 0 atom stereocenters. The molecule has 98 valence electrons. The average Bonchev–Trinajstić information content (AvgIpc) is 2.93. The van der Waals surface area contributed by atoms with Crippen LogP contribution in [0, 0.1) is 0 Å². The van der Waals surface area contributed by atoms with Crippen molar-refractivity contribution in [3.63, 3.8) is 0 Å². The molecule has 5 nitrogen and oxygen atoms in total. The molecule has 1 aromatic carbocycles. The molecule has 0 amide bonds. The van der Waals surface area contributed by atoms with Gasteiger partial charge in [0.25, 0.3) is 0 Å². The van der Waals surface area contributed by atoms with E-state index in [0.717, 1.165) is 22.8 Å². The molecule has 0 bridgehead atoms. The Morgan fingerprint density at radius 3 is 2.95 bits per heavy atom. The highest BCUT2D eigenvalue weighted by Crippen LogP contribution is 2.32. The van der Waals surface area contributed by atoms with Gasteiger partial charge in [-0.3, -0.25) is 0 Å². The fraction of sp³-hybridized carbons (Fsp3) is 0.214. The lowest BCUT2D eigenvalue weighted by Crippen LogP contribution is -2.02. The molecule has 5 heteroatoms. The maximum atomic E-state index is 5.63. The number of hydrogen-bond donors (Lipinski definition) is 1. The van der Waals surface area contributed by atoms with Crippen LogP contribution in [-0.4, -0.2) is 11.8 Å². The summed E-state index contributed by atoms with van der Waals surface area (Å²) in [5.74, 6) is 2.09. The Morgan fingerprint density at radius 2 is 2.05 bits per heavy atom. The molecular weight excluding hydrogens is 244 g/mol. The summed E-state index contributed by atoms with van der Waals surface area (Å²) in [6.07, 6.45) is 0. The lowest BCUT2D eigenvalue weighted by Gasteiger charge is -2.07. The van der Waals surface area contributed by atoms with E-state index < -0.39 is 0 Å². The molecule has 2 heterocycles. The van der Waals surface area contributed by atoms with Crippen molar-refractivity contribution in [2.75, 3.05) is 6.79 Å². The van der Waals surface area contributed by atoms with Crippen molar-refractivity contribution in [1.29, 1.82) is 0 Å². The zero-order valence-corrected chi connectivity index (χ0v) is 10.3. The normalized spacial score (nSPS) is 12.5. The predicted molar refractivity (Wildman–Crippen MR) is 69.0 cm³/mol. The number of nitrogens with zero attached hydrogens (tertiary/aromatic N) is 1. The molecule has 0 fully saturated rings. The molecule has 1 aliphatic rings. The third kappa shape index (κ3) is 2.61. The van der Waals surface area contributed by atoms with Crippen molar-refractivity contribution in [2.45, 2.75) is 13.2 Å². The minimum atomic E-state index is 0.278. The van der Waals surface area contributed by atoms with Crippen LogP contribution < -0.4 is 19.9 Å². The first-order chi connectivity index (χ1) is 9.35.